The first-order valence-electron chi connectivity index (χ1n) is 3.40. The zero-order valence-electron chi connectivity index (χ0n) is 5.62. The third-order valence-electron chi connectivity index (χ3n) is 1.66. The highest BCUT2D eigenvalue weighted by Crippen LogP contribution is 2.11. The SMILES string of the molecule is c1ccc2[14cH]cccc2c1. The van der Waals surface area contributed by atoms with Crippen LogP contribution in [0, 0.1) is 0 Å². The molecule has 0 nitrogen and oxygen atoms in total. The Labute approximate surface area is 60.1 Å². The van der Waals surface area contributed by atoms with Gasteiger partial charge in [-0.15, -0.1) is 0 Å². The molecule has 0 fully saturated rings. The maximum absolute atomic E-state index is 2.12. The highest BCUT2D eigenvalue weighted by Gasteiger charge is 1.85. The highest BCUT2D eigenvalue weighted by molar-refractivity contribution is 5.81. The van der Waals surface area contributed by atoms with Crippen LogP contribution in [0.2, 0.25) is 0 Å². The first kappa shape index (κ1) is 5.48. The van der Waals surface area contributed by atoms with Crippen LogP contribution in [0.1, 0.15) is 0 Å². The molecule has 0 atom stereocenters. The van der Waals surface area contributed by atoms with Crippen molar-refractivity contribution in [2.45, 2.75) is 0 Å². The van der Waals surface area contributed by atoms with Crippen LogP contribution in [0.4, 0.5) is 0 Å². The average molecular weight is 130 g/mol. The van der Waals surface area contributed by atoms with E-state index in [0.717, 1.165) is 0 Å². The van der Waals surface area contributed by atoms with Crippen molar-refractivity contribution in [3.8, 4) is 0 Å². The molecule has 10 heavy (non-hydrogen) atoms. The zero-order chi connectivity index (χ0) is 6.81. The Balaban J connectivity index is 2.89. The molecule has 0 spiro atoms. The largest absolute Gasteiger partial charge is 0.0616 e. The van der Waals surface area contributed by atoms with E-state index in [2.05, 4.69) is 48.5 Å². The fourth-order valence-electron chi connectivity index (χ4n) is 1.13. The lowest BCUT2D eigenvalue weighted by molar-refractivity contribution is 1.75. The summed E-state index contributed by atoms with van der Waals surface area (Å²) >= 11 is 0. The topological polar surface area (TPSA) is 0 Å². The molecule has 2 rings (SSSR count). The summed E-state index contributed by atoms with van der Waals surface area (Å²) in [6.07, 6.45) is 0. The van der Waals surface area contributed by atoms with E-state index in [1.54, 1.807) is 0 Å². The third-order valence-corrected chi connectivity index (χ3v) is 1.66. The molecule has 48 valence electrons. The van der Waals surface area contributed by atoms with Gasteiger partial charge >= 0.3 is 0 Å². The predicted octanol–water partition coefficient (Wildman–Crippen LogP) is 2.84. The van der Waals surface area contributed by atoms with Crippen molar-refractivity contribution < 1.29 is 0 Å². The molecule has 0 aromatic heterocycles. The van der Waals surface area contributed by atoms with Gasteiger partial charge in [-0.3, -0.25) is 0 Å². The predicted molar refractivity (Wildman–Crippen MR) is 43.9 cm³/mol. The molecule has 0 aliphatic heterocycles. The van der Waals surface area contributed by atoms with Crippen molar-refractivity contribution in [1.82, 2.24) is 0 Å². The van der Waals surface area contributed by atoms with Crippen LogP contribution < -0.4 is 0 Å². The van der Waals surface area contributed by atoms with Gasteiger partial charge in [0, 0.05) is 0 Å². The highest BCUT2D eigenvalue weighted by atomic mass is 14.6. The lowest BCUT2D eigenvalue weighted by Crippen LogP contribution is -1.67. The van der Waals surface area contributed by atoms with E-state index in [0.29, 0.717) is 0 Å². The van der Waals surface area contributed by atoms with E-state index in [1.807, 2.05) is 0 Å². The molecular formula is C10H8. The van der Waals surface area contributed by atoms with Crippen LogP contribution >= 0.6 is 0 Å². The van der Waals surface area contributed by atoms with Gasteiger partial charge in [-0.2, -0.15) is 0 Å². The van der Waals surface area contributed by atoms with Gasteiger partial charge in [0.2, 0.25) is 0 Å². The number of hydrogen-bond acceptors (Lipinski definition) is 0. The fourth-order valence-corrected chi connectivity index (χ4v) is 1.13. The Bertz CT molecular complexity index is 271. The molecule has 0 saturated heterocycles. The molecule has 0 radical (unpaired) electrons. The maximum Gasteiger partial charge on any atom is -0.0184 e. The Kier molecular flexibility index (Phi) is 1.17. The van der Waals surface area contributed by atoms with Crippen molar-refractivity contribution in [3.63, 3.8) is 0 Å². The second-order valence-electron chi connectivity index (χ2n) is 2.35. The van der Waals surface area contributed by atoms with E-state index in [1.165, 1.54) is 10.8 Å². The van der Waals surface area contributed by atoms with Crippen molar-refractivity contribution in [2.24, 2.45) is 0 Å². The summed E-state index contributed by atoms with van der Waals surface area (Å²) in [6, 6.07) is 16.7. The van der Waals surface area contributed by atoms with Crippen LogP contribution in [0.3, 0.4) is 0 Å². The van der Waals surface area contributed by atoms with E-state index in [-0.39, 0.29) is 0 Å². The summed E-state index contributed by atoms with van der Waals surface area (Å²) in [5.41, 5.74) is 0. The normalized spacial score (nSPS) is 10.0. The Hall–Kier alpha value is -1.30. The van der Waals surface area contributed by atoms with Crippen LogP contribution in [-0.2, 0) is 0 Å². The van der Waals surface area contributed by atoms with Crippen LogP contribution in [-0.4, -0.2) is 0 Å². The molecule has 0 amide bonds. The van der Waals surface area contributed by atoms with E-state index in [9.17, 15) is 0 Å². The number of hydrogen-bond donors (Lipinski definition) is 0. The van der Waals surface area contributed by atoms with Gasteiger partial charge in [-0.25, -0.2) is 0 Å². The van der Waals surface area contributed by atoms with Crippen molar-refractivity contribution in [2.75, 3.05) is 0 Å². The molecule has 2 aromatic carbocycles. The lowest BCUT2D eigenvalue weighted by Gasteiger charge is -1.92. The Morgan fingerprint density at radius 2 is 1.70 bits per heavy atom. The minimum absolute atomic E-state index is 1.31. The second-order valence-corrected chi connectivity index (χ2v) is 2.35. The Morgan fingerprint density at radius 1 is 0.900 bits per heavy atom. The molecule has 0 unspecified atom stereocenters. The summed E-state index contributed by atoms with van der Waals surface area (Å²) in [5.74, 6) is 0. The number of rotatable bonds is 0. The average Bonchev–Trinajstić information content (AvgIpc) is 2.05. The molecule has 0 aliphatic rings. The summed E-state index contributed by atoms with van der Waals surface area (Å²) in [7, 11) is 0. The zero-order valence-corrected chi connectivity index (χ0v) is 5.62. The van der Waals surface area contributed by atoms with Crippen LogP contribution in [0.5, 0.6) is 0 Å². The van der Waals surface area contributed by atoms with Crippen molar-refractivity contribution >= 4 is 10.8 Å². The van der Waals surface area contributed by atoms with E-state index >= 15 is 0 Å². The van der Waals surface area contributed by atoms with Gasteiger partial charge in [-0.05, 0) is 10.8 Å². The van der Waals surface area contributed by atoms with E-state index in [4.69, 9.17) is 0 Å². The molecule has 0 N–H and O–H groups in total. The molecule has 0 heteroatoms. The molecule has 0 saturated carbocycles. The van der Waals surface area contributed by atoms with Gasteiger partial charge in [-0.1, -0.05) is 48.5 Å². The van der Waals surface area contributed by atoms with Gasteiger partial charge in [0.25, 0.3) is 0 Å². The smallest absolute Gasteiger partial charge is 0.0184 e. The molecule has 0 bridgehead atoms. The minimum atomic E-state index is 1.31. The van der Waals surface area contributed by atoms with Gasteiger partial charge in [0.05, 0.1) is 0 Å². The third kappa shape index (κ3) is 0.781. The monoisotopic (exact) mass is 130 g/mol. The first-order valence-corrected chi connectivity index (χ1v) is 3.40. The second kappa shape index (κ2) is 2.14. The number of benzene rings is 2. The quantitative estimate of drug-likeness (QED) is 0.514. The van der Waals surface area contributed by atoms with Gasteiger partial charge in [0.15, 0.2) is 0 Å². The number of fused-ring (bicyclic) bond motifs is 1. The molecule has 0 aliphatic carbocycles. The van der Waals surface area contributed by atoms with Crippen LogP contribution in [0.15, 0.2) is 48.5 Å². The molecule has 0 heterocycles. The first-order chi connectivity index (χ1) is 4.97. The van der Waals surface area contributed by atoms with Gasteiger partial charge in [0.1, 0.15) is 0 Å². The van der Waals surface area contributed by atoms with Crippen LogP contribution in [0.25, 0.3) is 10.8 Å². The molecule has 2 aromatic rings. The standard InChI is InChI=1S/C10H8/c1-2-6-10-8-4-3-7-9(10)5-1/h1-8H/i5+2. The maximum atomic E-state index is 2.12. The van der Waals surface area contributed by atoms with E-state index < -0.39 is 0 Å². The van der Waals surface area contributed by atoms with Crippen molar-refractivity contribution in [3.05, 3.63) is 48.5 Å². The fraction of sp³-hybridized carbons (Fsp3) is 0. The lowest BCUT2D eigenvalue weighted by atomic mass is 10.2. The summed E-state index contributed by atoms with van der Waals surface area (Å²) < 4.78 is 0. The minimum Gasteiger partial charge on any atom is -0.0616 e. The van der Waals surface area contributed by atoms with Crippen molar-refractivity contribution in [1.29, 1.82) is 0 Å². The van der Waals surface area contributed by atoms with Gasteiger partial charge < -0.3 is 0 Å². The summed E-state index contributed by atoms with van der Waals surface area (Å²) in [6.45, 7) is 0. The summed E-state index contributed by atoms with van der Waals surface area (Å²) in [5, 5.41) is 2.62. The Morgan fingerprint density at radius 3 is 2.60 bits per heavy atom. The summed E-state index contributed by atoms with van der Waals surface area (Å²) in [4.78, 5) is 0. The molecular weight excluding hydrogens is 122 g/mol.